The third-order valence-electron chi connectivity index (χ3n) is 3.20. The van der Waals surface area contributed by atoms with Crippen LogP contribution >= 0.6 is 0 Å². The molecule has 0 bridgehead atoms. The van der Waals surface area contributed by atoms with Crippen LogP contribution < -0.4 is 5.32 Å². The zero-order valence-electron chi connectivity index (χ0n) is 11.8. The molecule has 1 unspecified atom stereocenters. The van der Waals surface area contributed by atoms with E-state index in [9.17, 15) is 8.42 Å². The van der Waals surface area contributed by atoms with E-state index in [4.69, 9.17) is 0 Å². The second-order valence-corrected chi connectivity index (χ2v) is 6.81. The van der Waals surface area contributed by atoms with Gasteiger partial charge in [-0.15, -0.1) is 0 Å². The van der Waals surface area contributed by atoms with Crippen LogP contribution in [0.15, 0.2) is 47.5 Å². The average Bonchev–Trinajstić information content (AvgIpc) is 2.41. The summed E-state index contributed by atoms with van der Waals surface area (Å²) in [6, 6.07) is 10.9. The SMILES string of the molecule is CNC(c1ccc(S(C)(=O)=O)cc1)c1ccc(C)nc1. The first kappa shape index (κ1) is 14.7. The van der Waals surface area contributed by atoms with Crippen molar-refractivity contribution in [3.05, 3.63) is 59.4 Å². The molecule has 4 nitrogen and oxygen atoms in total. The molecular formula is C15H18N2O2S. The highest BCUT2D eigenvalue weighted by Crippen LogP contribution is 2.22. The number of pyridine rings is 1. The summed E-state index contributed by atoms with van der Waals surface area (Å²) in [6.07, 6.45) is 3.04. The number of benzene rings is 1. The van der Waals surface area contributed by atoms with Gasteiger partial charge in [-0.1, -0.05) is 18.2 Å². The summed E-state index contributed by atoms with van der Waals surface area (Å²) in [6.45, 7) is 1.94. The topological polar surface area (TPSA) is 59.1 Å². The second kappa shape index (κ2) is 5.73. The molecule has 5 heteroatoms. The van der Waals surface area contributed by atoms with Crippen molar-refractivity contribution in [2.75, 3.05) is 13.3 Å². The van der Waals surface area contributed by atoms with Gasteiger partial charge in [-0.05, 0) is 43.3 Å². The lowest BCUT2D eigenvalue weighted by molar-refractivity contribution is 0.601. The molecule has 0 aliphatic heterocycles. The highest BCUT2D eigenvalue weighted by atomic mass is 32.2. The lowest BCUT2D eigenvalue weighted by atomic mass is 10.0. The molecule has 1 N–H and O–H groups in total. The highest BCUT2D eigenvalue weighted by molar-refractivity contribution is 7.90. The Morgan fingerprint density at radius 3 is 2.10 bits per heavy atom. The minimum atomic E-state index is -3.16. The fourth-order valence-corrected chi connectivity index (χ4v) is 2.71. The van der Waals surface area contributed by atoms with Gasteiger partial charge < -0.3 is 5.32 Å². The predicted molar refractivity (Wildman–Crippen MR) is 79.4 cm³/mol. The van der Waals surface area contributed by atoms with E-state index in [2.05, 4.69) is 10.3 Å². The van der Waals surface area contributed by atoms with Crippen molar-refractivity contribution < 1.29 is 8.42 Å². The molecule has 0 saturated carbocycles. The molecule has 1 heterocycles. The fourth-order valence-electron chi connectivity index (χ4n) is 2.08. The molecule has 1 aromatic carbocycles. The van der Waals surface area contributed by atoms with Gasteiger partial charge in [0, 0.05) is 18.1 Å². The molecule has 0 aliphatic rings. The van der Waals surface area contributed by atoms with Gasteiger partial charge in [0.15, 0.2) is 9.84 Å². The molecule has 0 fully saturated rings. The maximum atomic E-state index is 11.5. The van der Waals surface area contributed by atoms with Gasteiger partial charge in [-0.3, -0.25) is 4.98 Å². The van der Waals surface area contributed by atoms with Gasteiger partial charge in [0.25, 0.3) is 0 Å². The normalized spacial score (nSPS) is 13.2. The Hall–Kier alpha value is -1.72. The van der Waals surface area contributed by atoms with E-state index in [-0.39, 0.29) is 6.04 Å². The Labute approximate surface area is 119 Å². The van der Waals surface area contributed by atoms with E-state index in [1.807, 2.05) is 44.4 Å². The molecule has 1 aromatic heterocycles. The molecule has 0 saturated heterocycles. The van der Waals surface area contributed by atoms with Crippen LogP contribution in [0.1, 0.15) is 22.9 Å². The molecule has 106 valence electrons. The Balaban J connectivity index is 2.35. The molecule has 0 amide bonds. The van der Waals surface area contributed by atoms with E-state index < -0.39 is 9.84 Å². The molecule has 2 aromatic rings. The second-order valence-electron chi connectivity index (χ2n) is 4.80. The number of nitrogens with zero attached hydrogens (tertiary/aromatic N) is 1. The van der Waals surface area contributed by atoms with Gasteiger partial charge >= 0.3 is 0 Å². The summed E-state index contributed by atoms with van der Waals surface area (Å²) >= 11 is 0. The lowest BCUT2D eigenvalue weighted by Gasteiger charge is -2.17. The maximum Gasteiger partial charge on any atom is 0.175 e. The van der Waals surface area contributed by atoms with Gasteiger partial charge in [-0.2, -0.15) is 0 Å². The first-order chi connectivity index (χ1) is 9.41. The monoisotopic (exact) mass is 290 g/mol. The number of rotatable bonds is 4. The average molecular weight is 290 g/mol. The smallest absolute Gasteiger partial charge is 0.175 e. The van der Waals surface area contributed by atoms with Crippen LogP contribution in [0, 0.1) is 6.92 Å². The zero-order chi connectivity index (χ0) is 14.8. The van der Waals surface area contributed by atoms with Crippen molar-refractivity contribution in [1.29, 1.82) is 0 Å². The number of aryl methyl sites for hydroxylation is 1. The summed E-state index contributed by atoms with van der Waals surface area (Å²) in [5.74, 6) is 0. The Morgan fingerprint density at radius 1 is 1.05 bits per heavy atom. The van der Waals surface area contributed by atoms with E-state index >= 15 is 0 Å². The summed E-state index contributed by atoms with van der Waals surface area (Å²) in [5.41, 5.74) is 3.02. The van der Waals surface area contributed by atoms with Crippen LogP contribution in [0.4, 0.5) is 0 Å². The van der Waals surface area contributed by atoms with Gasteiger partial charge in [0.05, 0.1) is 10.9 Å². The van der Waals surface area contributed by atoms with Crippen molar-refractivity contribution in [3.8, 4) is 0 Å². The van der Waals surface area contributed by atoms with Crippen molar-refractivity contribution in [3.63, 3.8) is 0 Å². The summed E-state index contributed by atoms with van der Waals surface area (Å²) in [5, 5.41) is 3.22. The van der Waals surface area contributed by atoms with E-state index in [1.165, 1.54) is 6.26 Å². The van der Waals surface area contributed by atoms with Crippen LogP contribution in [0.5, 0.6) is 0 Å². The maximum absolute atomic E-state index is 11.5. The Bertz CT molecular complexity index is 677. The van der Waals surface area contributed by atoms with E-state index in [0.29, 0.717) is 4.90 Å². The molecule has 0 radical (unpaired) electrons. The first-order valence-electron chi connectivity index (χ1n) is 6.31. The minimum Gasteiger partial charge on any atom is -0.309 e. The fraction of sp³-hybridized carbons (Fsp3) is 0.267. The van der Waals surface area contributed by atoms with E-state index in [1.54, 1.807) is 12.1 Å². The standard InChI is InChI=1S/C15H18N2O2S/c1-11-4-5-13(10-17-11)15(16-2)12-6-8-14(9-7-12)20(3,18)19/h4-10,15-16H,1-3H3. The van der Waals surface area contributed by atoms with Gasteiger partial charge in [-0.25, -0.2) is 8.42 Å². The number of hydrogen-bond acceptors (Lipinski definition) is 4. The summed E-state index contributed by atoms with van der Waals surface area (Å²) < 4.78 is 22.9. The van der Waals surface area contributed by atoms with Gasteiger partial charge in [0.1, 0.15) is 0 Å². The minimum absolute atomic E-state index is 0.00305. The number of aromatic nitrogens is 1. The Kier molecular flexibility index (Phi) is 4.20. The molecule has 0 aliphatic carbocycles. The highest BCUT2D eigenvalue weighted by Gasteiger charge is 2.13. The predicted octanol–water partition coefficient (Wildman–Crippen LogP) is 2.10. The van der Waals surface area contributed by atoms with E-state index in [0.717, 1.165) is 16.8 Å². The third-order valence-corrected chi connectivity index (χ3v) is 4.33. The van der Waals surface area contributed by atoms with Crippen molar-refractivity contribution in [2.24, 2.45) is 0 Å². The molecular weight excluding hydrogens is 272 g/mol. The van der Waals surface area contributed by atoms with Crippen LogP contribution in [-0.4, -0.2) is 26.7 Å². The summed E-state index contributed by atoms with van der Waals surface area (Å²) in [7, 11) is -1.28. The molecule has 20 heavy (non-hydrogen) atoms. The van der Waals surface area contributed by atoms with Crippen LogP contribution in [0.25, 0.3) is 0 Å². The van der Waals surface area contributed by atoms with Crippen molar-refractivity contribution in [1.82, 2.24) is 10.3 Å². The lowest BCUT2D eigenvalue weighted by Crippen LogP contribution is -2.18. The number of sulfone groups is 1. The van der Waals surface area contributed by atoms with Crippen LogP contribution in [0.2, 0.25) is 0 Å². The zero-order valence-corrected chi connectivity index (χ0v) is 12.6. The van der Waals surface area contributed by atoms with Gasteiger partial charge in [0.2, 0.25) is 0 Å². The Morgan fingerprint density at radius 2 is 1.65 bits per heavy atom. The quantitative estimate of drug-likeness (QED) is 0.937. The number of nitrogens with one attached hydrogen (secondary N) is 1. The molecule has 2 rings (SSSR count). The molecule has 1 atom stereocenters. The van der Waals surface area contributed by atoms with Crippen LogP contribution in [0.3, 0.4) is 0 Å². The largest absolute Gasteiger partial charge is 0.309 e. The number of hydrogen-bond donors (Lipinski definition) is 1. The van der Waals surface area contributed by atoms with Crippen molar-refractivity contribution in [2.45, 2.75) is 17.9 Å². The third kappa shape index (κ3) is 3.23. The summed E-state index contributed by atoms with van der Waals surface area (Å²) in [4.78, 5) is 4.63. The van der Waals surface area contributed by atoms with Crippen LogP contribution in [-0.2, 0) is 9.84 Å². The van der Waals surface area contributed by atoms with Crippen molar-refractivity contribution >= 4 is 9.84 Å². The first-order valence-corrected chi connectivity index (χ1v) is 8.21. The molecule has 0 spiro atoms.